The summed E-state index contributed by atoms with van der Waals surface area (Å²) in [5.74, 6) is 0. The molecular weight excluding hydrogens is 214 g/mol. The maximum absolute atomic E-state index is 11.7. The molecule has 3 rings (SSSR count). The fourth-order valence-electron chi connectivity index (χ4n) is 2.07. The monoisotopic (exact) mass is 225 g/mol. The van der Waals surface area contributed by atoms with Crippen LogP contribution in [0.15, 0.2) is 48.9 Å². The van der Waals surface area contributed by atoms with E-state index in [0.29, 0.717) is 5.52 Å². The minimum absolute atomic E-state index is 0.656. The minimum atomic E-state index is 0.656. The van der Waals surface area contributed by atoms with Gasteiger partial charge in [0.1, 0.15) is 0 Å². The number of rotatable bonds is 1. The molecule has 0 saturated heterocycles. The van der Waals surface area contributed by atoms with Gasteiger partial charge in [-0.05, 0) is 24.6 Å². The van der Waals surface area contributed by atoms with E-state index in [-0.39, 0.29) is 0 Å². The quantitative estimate of drug-likeness (QED) is 0.469. The Kier molecular flexibility index (Phi) is 2.08. The van der Waals surface area contributed by atoms with Crippen molar-refractivity contribution in [2.75, 3.05) is 0 Å². The van der Waals surface area contributed by atoms with Gasteiger partial charge in [-0.2, -0.15) is 9.83 Å². The highest BCUT2D eigenvalue weighted by atomic mass is 16.5. The molecule has 4 nitrogen and oxygen atoms in total. The fraction of sp³-hybridized carbons (Fsp3) is 0.0769. The van der Waals surface area contributed by atoms with Crippen molar-refractivity contribution in [3.63, 3.8) is 0 Å². The highest BCUT2D eigenvalue weighted by Crippen LogP contribution is 2.22. The maximum atomic E-state index is 11.7. The van der Waals surface area contributed by atoms with Crippen molar-refractivity contribution in [1.82, 2.24) is 9.78 Å². The van der Waals surface area contributed by atoms with Crippen LogP contribution < -0.4 is 4.73 Å². The third-order valence-corrected chi connectivity index (χ3v) is 2.85. The predicted octanol–water partition coefficient (Wildman–Crippen LogP) is 1.97. The van der Waals surface area contributed by atoms with Gasteiger partial charge in [0.25, 0.3) is 0 Å². The predicted molar refractivity (Wildman–Crippen MR) is 64.8 cm³/mol. The van der Waals surface area contributed by atoms with E-state index in [4.69, 9.17) is 0 Å². The molecule has 0 saturated carbocycles. The Bertz CT molecular complexity index is 674. The molecule has 0 aliphatic carbocycles. The molecule has 0 aliphatic heterocycles. The summed E-state index contributed by atoms with van der Waals surface area (Å²) in [4.78, 5) is 0. The first-order chi connectivity index (χ1) is 8.27. The largest absolute Gasteiger partial charge is 0.618 e. The zero-order valence-corrected chi connectivity index (χ0v) is 9.37. The number of aryl methyl sites for hydroxylation is 1. The highest BCUT2D eigenvalue weighted by molar-refractivity contribution is 5.86. The lowest BCUT2D eigenvalue weighted by atomic mass is 10.1. The van der Waals surface area contributed by atoms with Gasteiger partial charge < -0.3 is 5.21 Å². The molecule has 0 bridgehead atoms. The molecule has 0 radical (unpaired) electrons. The fourth-order valence-corrected chi connectivity index (χ4v) is 2.07. The summed E-state index contributed by atoms with van der Waals surface area (Å²) in [6.45, 7) is 2.01. The topological polar surface area (TPSA) is 44.8 Å². The minimum Gasteiger partial charge on any atom is -0.618 e. The molecule has 0 atom stereocenters. The SMILES string of the molecule is Cc1ccc2c(ccc[n+]2[O-])c1-n1cccn1. The highest BCUT2D eigenvalue weighted by Gasteiger charge is 2.11. The van der Waals surface area contributed by atoms with Crippen LogP contribution in [0.5, 0.6) is 0 Å². The zero-order chi connectivity index (χ0) is 11.8. The standard InChI is InChI=1S/C13H11N3O/c1-10-5-6-12-11(4-2-9-16(12)17)13(10)15-8-3-7-14-15/h2-9H,1H3. The molecule has 84 valence electrons. The molecule has 4 heteroatoms. The Labute approximate surface area is 98.3 Å². The van der Waals surface area contributed by atoms with Crippen molar-refractivity contribution < 1.29 is 4.73 Å². The summed E-state index contributed by atoms with van der Waals surface area (Å²) < 4.78 is 2.67. The van der Waals surface area contributed by atoms with Crippen LogP contribution >= 0.6 is 0 Å². The van der Waals surface area contributed by atoms with Crippen LogP contribution in [0.25, 0.3) is 16.6 Å². The first-order valence-corrected chi connectivity index (χ1v) is 5.39. The summed E-state index contributed by atoms with van der Waals surface area (Å²) in [7, 11) is 0. The van der Waals surface area contributed by atoms with Crippen LogP contribution in [-0.2, 0) is 0 Å². The zero-order valence-electron chi connectivity index (χ0n) is 9.37. The van der Waals surface area contributed by atoms with Crippen LogP contribution in [0.2, 0.25) is 0 Å². The molecule has 0 amide bonds. The molecule has 2 heterocycles. The Hall–Kier alpha value is -2.36. The average Bonchev–Trinajstić information content (AvgIpc) is 2.82. The molecule has 3 aromatic rings. The lowest BCUT2D eigenvalue weighted by molar-refractivity contribution is -0.577. The summed E-state index contributed by atoms with van der Waals surface area (Å²) in [5.41, 5.74) is 2.70. The number of benzene rings is 1. The van der Waals surface area contributed by atoms with Crippen LogP contribution in [0.1, 0.15) is 5.56 Å². The number of hydrogen-bond acceptors (Lipinski definition) is 2. The van der Waals surface area contributed by atoms with Crippen LogP contribution in [0.4, 0.5) is 0 Å². The third kappa shape index (κ3) is 1.45. The van der Waals surface area contributed by atoms with Crippen LogP contribution in [0, 0.1) is 12.1 Å². The van der Waals surface area contributed by atoms with Gasteiger partial charge >= 0.3 is 0 Å². The van der Waals surface area contributed by atoms with Crippen molar-refractivity contribution in [2.45, 2.75) is 6.92 Å². The number of pyridine rings is 1. The number of aromatic nitrogens is 3. The average molecular weight is 225 g/mol. The molecule has 2 aromatic heterocycles. The van der Waals surface area contributed by atoms with Crippen LogP contribution in [-0.4, -0.2) is 9.78 Å². The smallest absolute Gasteiger partial charge is 0.225 e. The van der Waals surface area contributed by atoms with E-state index in [2.05, 4.69) is 5.10 Å². The van der Waals surface area contributed by atoms with Gasteiger partial charge in [0, 0.05) is 24.5 Å². The summed E-state index contributed by atoms with van der Waals surface area (Å²) in [6, 6.07) is 9.33. The van der Waals surface area contributed by atoms with E-state index in [0.717, 1.165) is 21.4 Å². The normalized spacial score (nSPS) is 10.9. The van der Waals surface area contributed by atoms with E-state index in [9.17, 15) is 5.21 Å². The van der Waals surface area contributed by atoms with Crippen molar-refractivity contribution in [1.29, 1.82) is 0 Å². The van der Waals surface area contributed by atoms with Crippen molar-refractivity contribution in [3.05, 3.63) is 59.7 Å². The van der Waals surface area contributed by atoms with Crippen molar-refractivity contribution >= 4 is 10.9 Å². The molecule has 1 aromatic carbocycles. The molecule has 0 unspecified atom stereocenters. The summed E-state index contributed by atoms with van der Waals surface area (Å²) >= 11 is 0. The molecule has 0 fully saturated rings. The lowest BCUT2D eigenvalue weighted by Gasteiger charge is -2.09. The number of nitrogens with zero attached hydrogens (tertiary/aromatic N) is 3. The summed E-state index contributed by atoms with van der Waals surface area (Å²) in [5, 5.41) is 16.8. The van der Waals surface area contributed by atoms with Gasteiger partial charge in [-0.1, -0.05) is 6.07 Å². The lowest BCUT2D eigenvalue weighted by Crippen LogP contribution is -2.26. The second-order valence-electron chi connectivity index (χ2n) is 3.95. The molecular formula is C13H11N3O. The van der Waals surface area contributed by atoms with Crippen molar-refractivity contribution in [2.24, 2.45) is 0 Å². The molecule has 0 spiro atoms. The van der Waals surface area contributed by atoms with Gasteiger partial charge in [0.05, 0.1) is 11.1 Å². The van der Waals surface area contributed by atoms with Crippen LogP contribution in [0.3, 0.4) is 0 Å². The van der Waals surface area contributed by atoms with E-state index in [1.54, 1.807) is 16.9 Å². The van der Waals surface area contributed by atoms with Gasteiger partial charge in [-0.3, -0.25) is 0 Å². The van der Waals surface area contributed by atoms with E-state index in [1.165, 1.54) is 6.20 Å². The van der Waals surface area contributed by atoms with E-state index < -0.39 is 0 Å². The third-order valence-electron chi connectivity index (χ3n) is 2.85. The molecule has 0 aliphatic rings. The first kappa shape index (κ1) is 9.84. The Morgan fingerprint density at radius 1 is 1.24 bits per heavy atom. The maximum Gasteiger partial charge on any atom is 0.225 e. The Balaban J connectivity index is 2.44. The number of hydrogen-bond donors (Lipinski definition) is 0. The molecule has 0 N–H and O–H groups in total. The second-order valence-corrected chi connectivity index (χ2v) is 3.95. The Morgan fingerprint density at radius 3 is 2.88 bits per heavy atom. The van der Waals surface area contributed by atoms with Crippen molar-refractivity contribution in [3.8, 4) is 5.69 Å². The van der Waals surface area contributed by atoms with Gasteiger partial charge in [0.2, 0.25) is 5.52 Å². The number of fused-ring (bicyclic) bond motifs is 1. The van der Waals surface area contributed by atoms with Gasteiger partial charge in [0.15, 0.2) is 6.20 Å². The van der Waals surface area contributed by atoms with Gasteiger partial charge in [-0.15, -0.1) is 0 Å². The molecule has 17 heavy (non-hydrogen) atoms. The van der Waals surface area contributed by atoms with Gasteiger partial charge in [-0.25, -0.2) is 4.68 Å². The first-order valence-electron chi connectivity index (χ1n) is 5.39. The van der Waals surface area contributed by atoms with E-state index in [1.807, 2.05) is 37.4 Å². The second kappa shape index (κ2) is 3.59. The summed E-state index contributed by atoms with van der Waals surface area (Å²) in [6.07, 6.45) is 5.11. The Morgan fingerprint density at radius 2 is 2.12 bits per heavy atom. The van der Waals surface area contributed by atoms with E-state index >= 15 is 0 Å².